The maximum Gasteiger partial charge on any atom is -0.00205 e. The highest BCUT2D eigenvalue weighted by molar-refractivity contribution is 4.92. The highest BCUT2D eigenvalue weighted by Gasteiger charge is 2.40. The number of hydrogen-bond acceptors (Lipinski definition) is 1. The Kier molecular flexibility index (Phi) is 2.35. The molecule has 1 fully saturated rings. The minimum absolute atomic E-state index is 0.510. The summed E-state index contributed by atoms with van der Waals surface area (Å²) in [5, 5.41) is 0. The third-order valence-electron chi connectivity index (χ3n) is 3.15. The lowest BCUT2D eigenvalue weighted by Gasteiger charge is -2.46. The Bertz CT molecular complexity index is 107. The lowest BCUT2D eigenvalue weighted by atomic mass is 9.60. The summed E-state index contributed by atoms with van der Waals surface area (Å²) in [4.78, 5) is 0. The van der Waals surface area contributed by atoms with Crippen molar-refractivity contribution in [1.82, 2.24) is 0 Å². The third kappa shape index (κ3) is 1.20. The first-order chi connectivity index (χ1) is 4.73. The van der Waals surface area contributed by atoms with Crippen LogP contribution in [0.4, 0.5) is 0 Å². The van der Waals surface area contributed by atoms with Crippen LogP contribution in [0.5, 0.6) is 0 Å². The molecule has 1 heteroatoms. The minimum Gasteiger partial charge on any atom is -0.330 e. The number of nitrogens with two attached hydrogens (primary N) is 1. The number of hydrogen-bond donors (Lipinski definition) is 1. The van der Waals surface area contributed by atoms with E-state index in [1.54, 1.807) is 0 Å². The second kappa shape index (κ2) is 2.91. The van der Waals surface area contributed by atoms with Gasteiger partial charge in [-0.2, -0.15) is 0 Å². The van der Waals surface area contributed by atoms with Gasteiger partial charge in [-0.1, -0.05) is 26.7 Å². The molecule has 0 aromatic carbocycles. The summed E-state index contributed by atoms with van der Waals surface area (Å²) in [5.41, 5.74) is 6.20. The Morgan fingerprint density at radius 3 is 2.60 bits per heavy atom. The van der Waals surface area contributed by atoms with Crippen LogP contribution in [0.15, 0.2) is 0 Å². The van der Waals surface area contributed by atoms with Crippen molar-refractivity contribution >= 4 is 0 Å². The van der Waals surface area contributed by atoms with Crippen molar-refractivity contribution in [3.63, 3.8) is 0 Å². The van der Waals surface area contributed by atoms with Gasteiger partial charge in [-0.15, -0.1) is 0 Å². The molecule has 1 saturated carbocycles. The van der Waals surface area contributed by atoms with E-state index >= 15 is 0 Å². The smallest absolute Gasteiger partial charge is 0.00205 e. The van der Waals surface area contributed by atoms with Gasteiger partial charge in [-0.05, 0) is 30.7 Å². The second-order valence-electron chi connectivity index (χ2n) is 3.88. The summed E-state index contributed by atoms with van der Waals surface area (Å²) >= 11 is 0. The van der Waals surface area contributed by atoms with Crippen LogP contribution < -0.4 is 5.73 Å². The van der Waals surface area contributed by atoms with Gasteiger partial charge in [0.1, 0.15) is 0 Å². The third-order valence-corrected chi connectivity index (χ3v) is 3.15. The lowest BCUT2D eigenvalue weighted by molar-refractivity contribution is 0.0526. The zero-order chi connectivity index (χ0) is 7.61. The number of rotatable bonds is 3. The molecule has 0 radical (unpaired) electrons. The average molecular weight is 141 g/mol. The first-order valence-corrected chi connectivity index (χ1v) is 4.43. The van der Waals surface area contributed by atoms with Crippen LogP contribution in [-0.2, 0) is 0 Å². The van der Waals surface area contributed by atoms with E-state index < -0.39 is 0 Å². The summed E-state index contributed by atoms with van der Waals surface area (Å²) in [6.07, 6.45) is 5.48. The Balaban J connectivity index is 2.34. The summed E-state index contributed by atoms with van der Waals surface area (Å²) in [6.45, 7) is 5.48. The minimum atomic E-state index is 0.510. The maximum atomic E-state index is 5.69. The van der Waals surface area contributed by atoms with E-state index in [0.29, 0.717) is 5.41 Å². The molecule has 0 aliphatic heterocycles. The SMILES string of the molecule is CCCC1CCC1(C)CN. The molecule has 10 heavy (non-hydrogen) atoms. The Hall–Kier alpha value is -0.0400. The van der Waals surface area contributed by atoms with E-state index in [-0.39, 0.29) is 0 Å². The molecule has 0 bridgehead atoms. The monoisotopic (exact) mass is 141 g/mol. The molecule has 1 rings (SSSR count). The van der Waals surface area contributed by atoms with Crippen LogP contribution in [0.1, 0.15) is 39.5 Å². The molecule has 1 aliphatic carbocycles. The highest BCUT2D eigenvalue weighted by Crippen LogP contribution is 2.47. The van der Waals surface area contributed by atoms with Crippen molar-refractivity contribution in [1.29, 1.82) is 0 Å². The molecule has 2 unspecified atom stereocenters. The predicted molar refractivity (Wildman–Crippen MR) is 44.8 cm³/mol. The molecular formula is C9H19N. The first-order valence-electron chi connectivity index (χ1n) is 4.43. The molecule has 2 atom stereocenters. The summed E-state index contributed by atoms with van der Waals surface area (Å²) < 4.78 is 0. The van der Waals surface area contributed by atoms with Crippen molar-refractivity contribution in [2.75, 3.05) is 6.54 Å². The molecule has 1 aliphatic rings. The molecule has 0 aromatic rings. The molecule has 1 nitrogen and oxygen atoms in total. The van der Waals surface area contributed by atoms with Crippen LogP contribution in [-0.4, -0.2) is 6.54 Å². The second-order valence-corrected chi connectivity index (χ2v) is 3.88. The first kappa shape index (κ1) is 8.06. The van der Waals surface area contributed by atoms with Gasteiger partial charge in [0, 0.05) is 0 Å². The van der Waals surface area contributed by atoms with Gasteiger partial charge >= 0.3 is 0 Å². The van der Waals surface area contributed by atoms with Crippen LogP contribution in [0, 0.1) is 11.3 Å². The maximum absolute atomic E-state index is 5.69. The van der Waals surface area contributed by atoms with E-state index in [4.69, 9.17) is 5.73 Å². The predicted octanol–water partition coefficient (Wildman–Crippen LogP) is 2.16. The van der Waals surface area contributed by atoms with Gasteiger partial charge in [-0.25, -0.2) is 0 Å². The van der Waals surface area contributed by atoms with Gasteiger partial charge in [0.15, 0.2) is 0 Å². The van der Waals surface area contributed by atoms with E-state index in [1.165, 1.54) is 25.7 Å². The molecular weight excluding hydrogens is 122 g/mol. The molecule has 0 saturated heterocycles. The summed E-state index contributed by atoms with van der Waals surface area (Å²) in [7, 11) is 0. The van der Waals surface area contributed by atoms with E-state index in [0.717, 1.165) is 12.5 Å². The largest absolute Gasteiger partial charge is 0.330 e. The van der Waals surface area contributed by atoms with Crippen molar-refractivity contribution in [3.05, 3.63) is 0 Å². The van der Waals surface area contributed by atoms with Crippen LogP contribution in [0.25, 0.3) is 0 Å². The molecule has 2 N–H and O–H groups in total. The fourth-order valence-corrected chi connectivity index (χ4v) is 1.95. The molecule has 0 amide bonds. The molecule has 0 aromatic heterocycles. The topological polar surface area (TPSA) is 26.0 Å². The van der Waals surface area contributed by atoms with Gasteiger partial charge in [0.2, 0.25) is 0 Å². The summed E-state index contributed by atoms with van der Waals surface area (Å²) in [5.74, 6) is 0.933. The van der Waals surface area contributed by atoms with Gasteiger partial charge < -0.3 is 5.73 Å². The van der Waals surface area contributed by atoms with E-state index in [1.807, 2.05) is 0 Å². The summed E-state index contributed by atoms with van der Waals surface area (Å²) in [6, 6.07) is 0. The molecule has 0 heterocycles. The Morgan fingerprint density at radius 2 is 2.30 bits per heavy atom. The highest BCUT2D eigenvalue weighted by atomic mass is 14.6. The van der Waals surface area contributed by atoms with Gasteiger partial charge in [0.25, 0.3) is 0 Å². The molecule has 0 spiro atoms. The van der Waals surface area contributed by atoms with Crippen molar-refractivity contribution in [2.24, 2.45) is 17.1 Å². The van der Waals surface area contributed by atoms with E-state index in [9.17, 15) is 0 Å². The van der Waals surface area contributed by atoms with Crippen molar-refractivity contribution in [3.8, 4) is 0 Å². The van der Waals surface area contributed by atoms with Gasteiger partial charge in [-0.3, -0.25) is 0 Å². The fourth-order valence-electron chi connectivity index (χ4n) is 1.95. The van der Waals surface area contributed by atoms with Crippen LogP contribution in [0.2, 0.25) is 0 Å². The Morgan fingerprint density at radius 1 is 1.60 bits per heavy atom. The quantitative estimate of drug-likeness (QED) is 0.640. The zero-order valence-electron chi connectivity index (χ0n) is 7.19. The lowest BCUT2D eigenvalue weighted by Crippen LogP contribution is -2.43. The van der Waals surface area contributed by atoms with Gasteiger partial charge in [0.05, 0.1) is 0 Å². The van der Waals surface area contributed by atoms with Crippen molar-refractivity contribution < 1.29 is 0 Å². The fraction of sp³-hybridized carbons (Fsp3) is 1.00. The zero-order valence-corrected chi connectivity index (χ0v) is 7.19. The van der Waals surface area contributed by atoms with Crippen molar-refractivity contribution in [2.45, 2.75) is 39.5 Å². The van der Waals surface area contributed by atoms with E-state index in [2.05, 4.69) is 13.8 Å². The Labute approximate surface area is 64.0 Å². The van der Waals surface area contributed by atoms with Crippen LogP contribution in [0.3, 0.4) is 0 Å². The van der Waals surface area contributed by atoms with Crippen LogP contribution >= 0.6 is 0 Å². The average Bonchev–Trinajstić information content (AvgIpc) is 1.96. The standard InChI is InChI=1S/C9H19N/c1-3-4-8-5-6-9(8,2)7-10/h8H,3-7,10H2,1-2H3. The normalized spacial score (nSPS) is 39.3. The molecule has 60 valence electrons.